The minimum atomic E-state index is -1.50. The average Bonchev–Trinajstić information content (AvgIpc) is 2.65. The lowest BCUT2D eigenvalue weighted by atomic mass is 10.0. The summed E-state index contributed by atoms with van der Waals surface area (Å²) >= 11 is 0. The number of carboxylic acid groups (broad SMARTS) is 2. The largest absolute Gasteiger partial charge is 0.481 e. The van der Waals surface area contributed by atoms with Crippen molar-refractivity contribution >= 4 is 29.7 Å². The molecule has 0 bridgehead atoms. The van der Waals surface area contributed by atoms with Gasteiger partial charge >= 0.3 is 11.9 Å². The summed E-state index contributed by atoms with van der Waals surface area (Å²) in [6.45, 7) is 6.02. The van der Waals surface area contributed by atoms with Crippen LogP contribution >= 0.6 is 0 Å². The lowest BCUT2D eigenvalue weighted by Gasteiger charge is -2.25. The Balaban J connectivity index is 5.30. The maximum atomic E-state index is 12.6. The molecule has 4 unspecified atom stereocenters. The smallest absolute Gasteiger partial charge is 0.326 e. The fourth-order valence-corrected chi connectivity index (χ4v) is 2.66. The number of carboxylic acids is 2. The van der Waals surface area contributed by atoms with Gasteiger partial charge in [0.2, 0.25) is 17.7 Å². The van der Waals surface area contributed by atoms with Crippen molar-refractivity contribution in [1.82, 2.24) is 16.0 Å². The fourth-order valence-electron chi connectivity index (χ4n) is 2.66. The second-order valence-corrected chi connectivity index (χ2v) is 8.04. The standard InChI is InChI=1S/C19H34N4O8/c1-9(2)7-11(20)16(27)21-12(5-6-14(25)26)17(28)22-13(8-24)18(29)23-15(10(3)4)19(30)31/h9-13,15,24H,5-8,20H2,1-4H3,(H,21,27)(H,22,28)(H,23,29)(H,25,26)(H,30,31). The van der Waals surface area contributed by atoms with Gasteiger partial charge in [-0.15, -0.1) is 0 Å². The number of amides is 3. The molecule has 4 atom stereocenters. The van der Waals surface area contributed by atoms with Crippen LogP contribution in [0.25, 0.3) is 0 Å². The normalized spacial score (nSPS) is 15.0. The molecule has 0 rings (SSSR count). The molecule has 12 nitrogen and oxygen atoms in total. The highest BCUT2D eigenvalue weighted by Gasteiger charge is 2.31. The van der Waals surface area contributed by atoms with Gasteiger partial charge in [0.25, 0.3) is 0 Å². The Hall–Kier alpha value is -2.73. The van der Waals surface area contributed by atoms with Crippen LogP contribution in [0.1, 0.15) is 47.0 Å². The van der Waals surface area contributed by atoms with Gasteiger partial charge in [-0.1, -0.05) is 27.7 Å². The Labute approximate surface area is 180 Å². The van der Waals surface area contributed by atoms with Crippen molar-refractivity contribution in [2.24, 2.45) is 17.6 Å². The molecule has 0 aromatic rings. The van der Waals surface area contributed by atoms with Gasteiger partial charge in [-0.2, -0.15) is 0 Å². The summed E-state index contributed by atoms with van der Waals surface area (Å²) in [6, 6.07) is -4.97. The number of rotatable bonds is 14. The number of aliphatic carboxylic acids is 2. The molecule has 178 valence electrons. The monoisotopic (exact) mass is 446 g/mol. The molecule has 0 spiro atoms. The number of carbonyl (C=O) groups excluding carboxylic acids is 3. The third kappa shape index (κ3) is 10.7. The summed E-state index contributed by atoms with van der Waals surface area (Å²) in [7, 11) is 0. The lowest BCUT2D eigenvalue weighted by Crippen LogP contribution is -2.58. The van der Waals surface area contributed by atoms with Crippen LogP contribution in [-0.4, -0.2) is 75.8 Å². The van der Waals surface area contributed by atoms with E-state index in [4.69, 9.17) is 10.8 Å². The highest BCUT2D eigenvalue weighted by Crippen LogP contribution is 2.06. The zero-order valence-electron chi connectivity index (χ0n) is 18.3. The highest BCUT2D eigenvalue weighted by molar-refractivity contribution is 5.94. The van der Waals surface area contributed by atoms with E-state index >= 15 is 0 Å². The van der Waals surface area contributed by atoms with Crippen LogP contribution in [0.15, 0.2) is 0 Å². The molecule has 0 saturated heterocycles. The summed E-state index contributed by atoms with van der Waals surface area (Å²) in [6.07, 6.45) is -0.375. The zero-order valence-corrected chi connectivity index (χ0v) is 18.3. The summed E-state index contributed by atoms with van der Waals surface area (Å²) in [5.41, 5.74) is 5.79. The summed E-state index contributed by atoms with van der Waals surface area (Å²) in [5.74, 6) is -5.32. The highest BCUT2D eigenvalue weighted by atomic mass is 16.4. The molecular weight excluding hydrogens is 412 g/mol. The van der Waals surface area contributed by atoms with E-state index in [-0.39, 0.29) is 12.3 Å². The molecule has 0 aromatic carbocycles. The first-order valence-electron chi connectivity index (χ1n) is 10.0. The molecule has 8 N–H and O–H groups in total. The number of carbonyl (C=O) groups is 5. The molecule has 0 heterocycles. The average molecular weight is 447 g/mol. The molecular formula is C19H34N4O8. The number of nitrogens with one attached hydrogen (secondary N) is 3. The van der Waals surface area contributed by atoms with Crippen molar-refractivity contribution in [2.45, 2.75) is 71.1 Å². The van der Waals surface area contributed by atoms with Crippen molar-refractivity contribution in [3.05, 3.63) is 0 Å². The van der Waals surface area contributed by atoms with E-state index < -0.39 is 72.8 Å². The third-order valence-electron chi connectivity index (χ3n) is 4.39. The van der Waals surface area contributed by atoms with E-state index in [0.29, 0.717) is 6.42 Å². The van der Waals surface area contributed by atoms with Crippen LogP contribution in [0.3, 0.4) is 0 Å². The number of aliphatic hydroxyl groups excluding tert-OH is 1. The number of aliphatic hydroxyl groups is 1. The maximum absolute atomic E-state index is 12.6. The van der Waals surface area contributed by atoms with Crippen LogP contribution in [0.4, 0.5) is 0 Å². The van der Waals surface area contributed by atoms with Gasteiger partial charge in [-0.05, 0) is 24.7 Å². The number of hydrogen-bond donors (Lipinski definition) is 7. The maximum Gasteiger partial charge on any atom is 0.326 e. The summed E-state index contributed by atoms with van der Waals surface area (Å²) in [4.78, 5) is 59.3. The van der Waals surface area contributed by atoms with E-state index in [0.717, 1.165) is 0 Å². The van der Waals surface area contributed by atoms with E-state index in [9.17, 15) is 34.2 Å². The Morgan fingerprint density at radius 2 is 1.35 bits per heavy atom. The minimum Gasteiger partial charge on any atom is -0.481 e. The van der Waals surface area contributed by atoms with Crippen LogP contribution in [0, 0.1) is 11.8 Å². The van der Waals surface area contributed by atoms with Crippen LogP contribution in [0.2, 0.25) is 0 Å². The number of hydrogen-bond acceptors (Lipinski definition) is 7. The third-order valence-corrected chi connectivity index (χ3v) is 4.39. The Morgan fingerprint density at radius 3 is 1.77 bits per heavy atom. The predicted molar refractivity (Wildman–Crippen MR) is 110 cm³/mol. The Morgan fingerprint density at radius 1 is 0.839 bits per heavy atom. The van der Waals surface area contributed by atoms with Gasteiger partial charge in [0.05, 0.1) is 12.6 Å². The second kappa shape index (κ2) is 13.5. The quantitative estimate of drug-likeness (QED) is 0.164. The predicted octanol–water partition coefficient (Wildman–Crippen LogP) is -1.59. The van der Waals surface area contributed by atoms with Crippen molar-refractivity contribution in [2.75, 3.05) is 6.61 Å². The van der Waals surface area contributed by atoms with Crippen LogP contribution in [0.5, 0.6) is 0 Å². The Kier molecular flexibility index (Phi) is 12.4. The zero-order chi connectivity index (χ0) is 24.3. The summed E-state index contributed by atoms with van der Waals surface area (Å²) < 4.78 is 0. The summed E-state index contributed by atoms with van der Waals surface area (Å²) in [5, 5.41) is 34.4. The minimum absolute atomic E-state index is 0.109. The first-order chi connectivity index (χ1) is 14.3. The first-order valence-corrected chi connectivity index (χ1v) is 10.0. The molecule has 0 saturated carbocycles. The van der Waals surface area contributed by atoms with E-state index in [2.05, 4.69) is 16.0 Å². The van der Waals surface area contributed by atoms with Gasteiger partial charge in [-0.3, -0.25) is 19.2 Å². The van der Waals surface area contributed by atoms with Crippen molar-refractivity contribution in [1.29, 1.82) is 0 Å². The van der Waals surface area contributed by atoms with Crippen LogP contribution in [-0.2, 0) is 24.0 Å². The van der Waals surface area contributed by atoms with Crippen molar-refractivity contribution in [3.63, 3.8) is 0 Å². The molecule has 0 aliphatic heterocycles. The van der Waals surface area contributed by atoms with Gasteiger partial charge in [0.15, 0.2) is 0 Å². The van der Waals surface area contributed by atoms with Gasteiger partial charge in [0, 0.05) is 6.42 Å². The van der Waals surface area contributed by atoms with Crippen LogP contribution < -0.4 is 21.7 Å². The molecule has 0 aromatic heterocycles. The van der Waals surface area contributed by atoms with Crippen molar-refractivity contribution < 1.29 is 39.3 Å². The molecule has 31 heavy (non-hydrogen) atoms. The van der Waals surface area contributed by atoms with Crippen molar-refractivity contribution in [3.8, 4) is 0 Å². The molecule has 0 aliphatic rings. The fraction of sp³-hybridized carbons (Fsp3) is 0.737. The van der Waals surface area contributed by atoms with E-state index in [1.165, 1.54) is 0 Å². The SMILES string of the molecule is CC(C)CC(N)C(=O)NC(CCC(=O)O)C(=O)NC(CO)C(=O)NC(C(=O)O)C(C)C. The lowest BCUT2D eigenvalue weighted by molar-refractivity contribution is -0.143. The Bertz CT molecular complexity index is 653. The molecule has 0 radical (unpaired) electrons. The van der Waals surface area contributed by atoms with E-state index in [1.807, 2.05) is 13.8 Å². The topological polar surface area (TPSA) is 208 Å². The molecule has 0 aliphatic carbocycles. The molecule has 0 fully saturated rings. The van der Waals surface area contributed by atoms with Gasteiger partial charge in [-0.25, -0.2) is 4.79 Å². The van der Waals surface area contributed by atoms with E-state index in [1.54, 1.807) is 13.8 Å². The molecule has 12 heteroatoms. The molecule has 3 amide bonds. The van der Waals surface area contributed by atoms with Gasteiger partial charge < -0.3 is 37.0 Å². The van der Waals surface area contributed by atoms with Gasteiger partial charge in [0.1, 0.15) is 18.1 Å². The second-order valence-electron chi connectivity index (χ2n) is 8.04. The number of nitrogens with two attached hydrogens (primary N) is 1. The first kappa shape index (κ1) is 28.3.